The maximum absolute atomic E-state index is 13.1. The number of ether oxygens (including phenoxy) is 4. The predicted molar refractivity (Wildman–Crippen MR) is 454 cm³/mol. The fourth-order valence-electron chi connectivity index (χ4n) is 9.61. The van der Waals surface area contributed by atoms with Gasteiger partial charge in [0.25, 0.3) is 0 Å². The smallest absolute Gasteiger partial charge is 0.462 e. The van der Waals surface area contributed by atoms with Gasteiger partial charge in [-0.3, -0.25) is 37.3 Å². The van der Waals surface area contributed by atoms with E-state index in [2.05, 4.69) is 228 Å². The molecule has 3 N–H and O–H groups in total. The molecule has 0 rings (SSSR count). The van der Waals surface area contributed by atoms with Crippen LogP contribution in [0.3, 0.4) is 0 Å². The van der Waals surface area contributed by atoms with Crippen molar-refractivity contribution in [1.29, 1.82) is 0 Å². The van der Waals surface area contributed by atoms with Gasteiger partial charge in [-0.05, 0) is 180 Å². The number of aliphatic hydroxyl groups excluding tert-OH is 1. The molecule has 5 unspecified atom stereocenters. The molecular weight excluding hydrogens is 1430 g/mol. The molecule has 110 heavy (non-hydrogen) atoms. The van der Waals surface area contributed by atoms with Gasteiger partial charge in [0.05, 0.1) is 26.4 Å². The van der Waals surface area contributed by atoms with E-state index < -0.39 is 97.5 Å². The highest BCUT2D eigenvalue weighted by atomic mass is 31.2. The molecule has 0 radical (unpaired) electrons. The Bertz CT molecular complexity index is 3000. The van der Waals surface area contributed by atoms with Crippen molar-refractivity contribution < 1.29 is 80.2 Å². The van der Waals surface area contributed by atoms with Crippen LogP contribution in [0.15, 0.2) is 231 Å². The third kappa shape index (κ3) is 79.2. The van der Waals surface area contributed by atoms with Crippen molar-refractivity contribution in [3.05, 3.63) is 231 Å². The molecule has 0 aromatic carbocycles. The zero-order valence-corrected chi connectivity index (χ0v) is 69.1. The summed E-state index contributed by atoms with van der Waals surface area (Å²) in [6.07, 6.45) is 103. The van der Waals surface area contributed by atoms with E-state index >= 15 is 0 Å². The van der Waals surface area contributed by atoms with Crippen molar-refractivity contribution in [3.8, 4) is 0 Å². The van der Waals surface area contributed by atoms with E-state index in [0.717, 1.165) is 167 Å². The van der Waals surface area contributed by atoms with Crippen LogP contribution in [0.2, 0.25) is 0 Å². The number of hydrogen-bond donors (Lipinski definition) is 3. The SMILES string of the molecule is CC/C=C\C/C=C\C/C=C\C/C=C\C/C=C\C/C=C\CCC(=O)OCC(COP(=O)(O)OCC(O)COP(=O)(O)OCC(COC(=O)CCCCCC/C=C\C/C=C\C/C=C\C/C=C\CC)OC(=O)CCCCCC/C=C\C/C=C\C/C=C\C/C=C\CC)OC(=O)CCC/C=C\C/C=C\C/C=C\C/C=C\C/C=C\CC. The number of phosphoric ester groups is 2. The Morgan fingerprint density at radius 1 is 0.255 bits per heavy atom. The van der Waals surface area contributed by atoms with Crippen molar-refractivity contribution in [2.45, 2.75) is 277 Å². The average molecular weight is 1570 g/mol. The normalized spacial score (nSPS) is 15.0. The molecule has 0 saturated carbocycles. The highest BCUT2D eigenvalue weighted by Gasteiger charge is 2.30. The van der Waals surface area contributed by atoms with Crippen molar-refractivity contribution in [2.75, 3.05) is 39.6 Å². The summed E-state index contributed by atoms with van der Waals surface area (Å²) in [5.41, 5.74) is 0. The van der Waals surface area contributed by atoms with Crippen molar-refractivity contribution in [1.82, 2.24) is 0 Å². The van der Waals surface area contributed by atoms with Gasteiger partial charge in [0.2, 0.25) is 0 Å². The number of aliphatic hydroxyl groups is 1. The lowest BCUT2D eigenvalue weighted by atomic mass is 10.1. The molecule has 5 atom stereocenters. The van der Waals surface area contributed by atoms with E-state index in [1.807, 2.05) is 30.4 Å². The first-order valence-electron chi connectivity index (χ1n) is 40.6. The number of unbranched alkanes of at least 4 members (excludes halogenated alkanes) is 9. The molecule has 0 aromatic rings. The molecule has 0 bridgehead atoms. The Labute approximate surface area is 664 Å². The van der Waals surface area contributed by atoms with Gasteiger partial charge in [-0.1, -0.05) is 284 Å². The van der Waals surface area contributed by atoms with Crippen molar-refractivity contribution in [2.24, 2.45) is 0 Å². The summed E-state index contributed by atoms with van der Waals surface area (Å²) in [6, 6.07) is 0. The first-order valence-corrected chi connectivity index (χ1v) is 43.6. The summed E-state index contributed by atoms with van der Waals surface area (Å²) < 4.78 is 68.5. The zero-order valence-electron chi connectivity index (χ0n) is 67.3. The summed E-state index contributed by atoms with van der Waals surface area (Å²) in [5.74, 6) is -2.43. The van der Waals surface area contributed by atoms with Gasteiger partial charge in [-0.25, -0.2) is 9.13 Å². The molecule has 0 fully saturated rings. The largest absolute Gasteiger partial charge is 0.472 e. The minimum atomic E-state index is -5.03. The zero-order chi connectivity index (χ0) is 80.3. The fraction of sp³-hybridized carbons (Fsp3) is 0.538. The lowest BCUT2D eigenvalue weighted by molar-refractivity contribution is -0.161. The summed E-state index contributed by atoms with van der Waals surface area (Å²) in [6.45, 7) is 4.17. The van der Waals surface area contributed by atoms with Gasteiger partial charge in [-0.2, -0.15) is 0 Å². The Kier molecular flexibility index (Phi) is 75.2. The first kappa shape index (κ1) is 103. The molecular formula is C91H140O17P2. The van der Waals surface area contributed by atoms with Crippen LogP contribution in [0.4, 0.5) is 0 Å². The Morgan fingerprint density at radius 3 is 0.764 bits per heavy atom. The number of esters is 4. The van der Waals surface area contributed by atoms with E-state index in [9.17, 15) is 43.2 Å². The molecule has 0 heterocycles. The third-order valence-electron chi connectivity index (χ3n) is 15.6. The van der Waals surface area contributed by atoms with Gasteiger partial charge in [0.15, 0.2) is 12.2 Å². The number of hydrogen-bond acceptors (Lipinski definition) is 15. The highest BCUT2D eigenvalue weighted by molar-refractivity contribution is 7.47. The molecule has 0 aliphatic heterocycles. The second-order valence-corrected chi connectivity index (χ2v) is 28.7. The highest BCUT2D eigenvalue weighted by Crippen LogP contribution is 2.45. The molecule has 0 amide bonds. The summed E-state index contributed by atoms with van der Waals surface area (Å²) >= 11 is 0. The monoisotopic (exact) mass is 1570 g/mol. The van der Waals surface area contributed by atoms with Crippen LogP contribution in [0.25, 0.3) is 0 Å². The number of rotatable bonds is 73. The summed E-state index contributed by atoms with van der Waals surface area (Å²) in [7, 11) is -10.0. The fourth-order valence-corrected chi connectivity index (χ4v) is 11.2. The second-order valence-electron chi connectivity index (χ2n) is 25.8. The first-order chi connectivity index (χ1) is 53.7. The number of carbonyl (C=O) groups is 4. The Morgan fingerprint density at radius 2 is 0.473 bits per heavy atom. The van der Waals surface area contributed by atoms with Gasteiger partial charge < -0.3 is 33.8 Å². The van der Waals surface area contributed by atoms with Gasteiger partial charge in [0.1, 0.15) is 19.3 Å². The average Bonchev–Trinajstić information content (AvgIpc) is 0.906. The maximum Gasteiger partial charge on any atom is 0.472 e. The molecule has 0 aliphatic carbocycles. The molecule has 616 valence electrons. The lowest BCUT2D eigenvalue weighted by Gasteiger charge is -2.21. The third-order valence-corrected chi connectivity index (χ3v) is 17.5. The molecule has 0 aromatic heterocycles. The lowest BCUT2D eigenvalue weighted by Crippen LogP contribution is -2.30. The summed E-state index contributed by atoms with van der Waals surface area (Å²) in [4.78, 5) is 73.1. The number of carbonyl (C=O) groups excluding carboxylic acids is 4. The van der Waals surface area contributed by atoms with Crippen LogP contribution in [0.1, 0.15) is 259 Å². The second kappa shape index (κ2) is 80.2. The molecule has 17 nitrogen and oxygen atoms in total. The van der Waals surface area contributed by atoms with Crippen LogP contribution in [-0.4, -0.2) is 96.7 Å². The number of phosphoric acid groups is 2. The Balaban J connectivity index is 5.58. The van der Waals surface area contributed by atoms with Crippen molar-refractivity contribution >= 4 is 39.5 Å². The van der Waals surface area contributed by atoms with E-state index in [1.54, 1.807) is 0 Å². The van der Waals surface area contributed by atoms with E-state index in [1.165, 1.54) is 0 Å². The topological polar surface area (TPSA) is 237 Å². The standard InChI is InChI=1S/C91H140O17P2/c1-5-9-13-17-21-25-29-33-37-41-42-46-48-52-56-60-64-68-72-76-89(94)102-82-87(108-91(96)78-74-70-66-62-58-54-50-45-40-36-32-28-24-20-16-12-8-4)84-106-110(99,100)104-80-85(92)79-103-109(97,98)105-83-86(107-90(95)77-73-69-65-61-57-53-49-44-39-35-31-27-23-19-15-11-7-3)81-101-88(93)75-71-67-63-59-55-51-47-43-38-34-30-26-22-18-14-10-6-2/h9-16,21-28,33-40,42,46-47,49-54,56,62,64,66,68,85-87,92H,5-8,17-20,29-32,41,43-45,48,55,57-61,63,65,67,69-84H2,1-4H3,(H,97,98)(H,99,100)/b13-9-,14-10-,15-11-,16-12-,25-21-,26-22-,27-23-,28-24-,37-33-,38-34-,39-35-,40-36-,46-42-,51-47-,53-49-,54-50-,56-52-,66-62-,68-64-. The van der Waals surface area contributed by atoms with Crippen molar-refractivity contribution in [3.63, 3.8) is 0 Å². The van der Waals surface area contributed by atoms with Crippen LogP contribution in [0, 0.1) is 0 Å². The molecule has 0 spiro atoms. The summed E-state index contributed by atoms with van der Waals surface area (Å²) in [5, 5.41) is 10.7. The van der Waals surface area contributed by atoms with Gasteiger partial charge in [-0.15, -0.1) is 0 Å². The maximum atomic E-state index is 13.1. The van der Waals surface area contributed by atoms with Crippen LogP contribution < -0.4 is 0 Å². The molecule has 0 aliphatic rings. The van der Waals surface area contributed by atoms with E-state index in [0.29, 0.717) is 38.5 Å². The van der Waals surface area contributed by atoms with Crippen LogP contribution >= 0.6 is 15.6 Å². The number of allylic oxidation sites excluding steroid dienone is 38. The van der Waals surface area contributed by atoms with E-state index in [4.69, 9.17) is 37.0 Å². The minimum absolute atomic E-state index is 0.0110. The van der Waals surface area contributed by atoms with E-state index in [-0.39, 0.29) is 25.7 Å². The quantitative estimate of drug-likeness (QED) is 0.0169. The molecule has 0 saturated heterocycles. The molecule has 19 heteroatoms. The Hall–Kier alpha value is -6.88. The van der Waals surface area contributed by atoms with Gasteiger partial charge >= 0.3 is 39.5 Å². The van der Waals surface area contributed by atoms with Gasteiger partial charge in [0, 0.05) is 25.7 Å². The minimum Gasteiger partial charge on any atom is -0.462 e. The van der Waals surface area contributed by atoms with Crippen LogP contribution in [-0.2, 0) is 65.4 Å². The predicted octanol–water partition coefficient (Wildman–Crippen LogP) is 24.2. The van der Waals surface area contributed by atoms with Crippen LogP contribution in [0.5, 0.6) is 0 Å².